The molecule has 0 saturated carbocycles. The number of carbonyl (C=O) groups excluding carboxylic acids is 1. The van der Waals surface area contributed by atoms with Gasteiger partial charge in [-0.1, -0.05) is 42.5 Å². The van der Waals surface area contributed by atoms with Crippen molar-refractivity contribution in [2.24, 2.45) is 0 Å². The Morgan fingerprint density at radius 3 is 2.38 bits per heavy atom. The fourth-order valence-electron chi connectivity index (χ4n) is 1.81. The summed E-state index contributed by atoms with van der Waals surface area (Å²) in [6.45, 7) is 1.83. The number of rotatable bonds is 4. The van der Waals surface area contributed by atoms with Crippen LogP contribution in [-0.2, 0) is 9.05 Å². The lowest BCUT2D eigenvalue weighted by molar-refractivity contribution is 0.104. The highest BCUT2D eigenvalue weighted by Gasteiger charge is 2.11. The second-order valence-corrected chi connectivity index (χ2v) is 7.09. The van der Waals surface area contributed by atoms with Gasteiger partial charge in [0.1, 0.15) is 0 Å². The third-order valence-electron chi connectivity index (χ3n) is 3.00. The molecule has 0 bridgehead atoms. The number of hydrogen-bond acceptors (Lipinski definition) is 3. The molecule has 0 fully saturated rings. The quantitative estimate of drug-likeness (QED) is 0.489. The zero-order valence-electron chi connectivity index (χ0n) is 11.3. The Morgan fingerprint density at radius 1 is 1.10 bits per heavy atom. The molecule has 0 aliphatic rings. The SMILES string of the molecule is Cc1ccc(S(=O)(=O)Cl)cc1C=CC(=O)c1ccccc1. The molecule has 0 spiro atoms. The van der Waals surface area contributed by atoms with Crippen molar-refractivity contribution in [3.05, 3.63) is 71.3 Å². The second-order valence-electron chi connectivity index (χ2n) is 4.52. The Kier molecular flexibility index (Phi) is 4.60. The van der Waals surface area contributed by atoms with E-state index in [4.69, 9.17) is 10.7 Å². The summed E-state index contributed by atoms with van der Waals surface area (Å²) in [6.07, 6.45) is 3.01. The lowest BCUT2D eigenvalue weighted by atomic mass is 10.1. The first-order valence-electron chi connectivity index (χ1n) is 6.21. The Hall–Kier alpha value is -1.91. The second kappa shape index (κ2) is 6.24. The molecule has 0 saturated heterocycles. The highest BCUT2D eigenvalue weighted by molar-refractivity contribution is 8.13. The van der Waals surface area contributed by atoms with Crippen molar-refractivity contribution >= 4 is 31.6 Å². The fraction of sp³-hybridized carbons (Fsp3) is 0.0625. The average Bonchev–Trinajstić information content (AvgIpc) is 2.45. The largest absolute Gasteiger partial charge is 0.289 e. The van der Waals surface area contributed by atoms with Crippen LogP contribution in [0.5, 0.6) is 0 Å². The Morgan fingerprint density at radius 2 is 1.76 bits per heavy atom. The van der Waals surface area contributed by atoms with Gasteiger partial charge in [0.2, 0.25) is 0 Å². The van der Waals surface area contributed by atoms with E-state index >= 15 is 0 Å². The molecule has 0 amide bonds. The van der Waals surface area contributed by atoms with Crippen LogP contribution in [-0.4, -0.2) is 14.2 Å². The van der Waals surface area contributed by atoms with Crippen LogP contribution in [0.4, 0.5) is 0 Å². The monoisotopic (exact) mass is 320 g/mol. The molecule has 0 N–H and O–H groups in total. The van der Waals surface area contributed by atoms with Crippen molar-refractivity contribution in [3.8, 4) is 0 Å². The van der Waals surface area contributed by atoms with Crippen LogP contribution in [0.3, 0.4) is 0 Å². The number of carbonyl (C=O) groups is 1. The molecule has 108 valence electrons. The van der Waals surface area contributed by atoms with E-state index in [1.807, 2.05) is 13.0 Å². The average molecular weight is 321 g/mol. The van der Waals surface area contributed by atoms with E-state index in [1.54, 1.807) is 36.4 Å². The van der Waals surface area contributed by atoms with E-state index < -0.39 is 9.05 Å². The van der Waals surface area contributed by atoms with Crippen molar-refractivity contribution in [2.45, 2.75) is 11.8 Å². The van der Waals surface area contributed by atoms with E-state index in [0.29, 0.717) is 11.1 Å². The third-order valence-corrected chi connectivity index (χ3v) is 4.36. The molecular formula is C16H13ClO3S. The fourth-order valence-corrected chi connectivity index (χ4v) is 2.60. The number of allylic oxidation sites excluding steroid dienone is 1. The predicted octanol–water partition coefficient (Wildman–Crippen LogP) is 3.82. The maximum atomic E-state index is 12.0. The molecule has 0 heterocycles. The first-order valence-corrected chi connectivity index (χ1v) is 8.51. The highest BCUT2D eigenvalue weighted by atomic mass is 35.7. The molecular weight excluding hydrogens is 308 g/mol. The van der Waals surface area contributed by atoms with Gasteiger partial charge in [-0.15, -0.1) is 0 Å². The van der Waals surface area contributed by atoms with Gasteiger partial charge in [-0.3, -0.25) is 4.79 Å². The molecule has 0 atom stereocenters. The van der Waals surface area contributed by atoms with Gasteiger partial charge in [0.25, 0.3) is 9.05 Å². The lowest BCUT2D eigenvalue weighted by Gasteiger charge is -2.03. The van der Waals surface area contributed by atoms with Gasteiger partial charge in [-0.2, -0.15) is 0 Å². The summed E-state index contributed by atoms with van der Waals surface area (Å²) in [6, 6.07) is 13.4. The number of benzene rings is 2. The molecule has 5 heteroatoms. The minimum absolute atomic E-state index is 0.0153. The van der Waals surface area contributed by atoms with Gasteiger partial charge >= 0.3 is 0 Å². The van der Waals surface area contributed by atoms with Gasteiger partial charge in [-0.05, 0) is 36.3 Å². The van der Waals surface area contributed by atoms with Crippen LogP contribution in [0.2, 0.25) is 0 Å². The van der Waals surface area contributed by atoms with Crippen LogP contribution in [0.1, 0.15) is 21.5 Å². The first-order chi connectivity index (χ1) is 9.88. The zero-order chi connectivity index (χ0) is 15.5. The molecule has 0 aromatic heterocycles. The number of halogens is 1. The zero-order valence-corrected chi connectivity index (χ0v) is 12.9. The van der Waals surface area contributed by atoms with Gasteiger partial charge < -0.3 is 0 Å². The first kappa shape index (κ1) is 15.5. The van der Waals surface area contributed by atoms with E-state index in [9.17, 15) is 13.2 Å². The summed E-state index contributed by atoms with van der Waals surface area (Å²) in [7, 11) is 1.54. The smallest absolute Gasteiger partial charge is 0.261 e. The van der Waals surface area contributed by atoms with Crippen molar-refractivity contribution in [2.75, 3.05) is 0 Å². The summed E-state index contributed by atoms with van der Waals surface area (Å²) in [5.41, 5.74) is 2.07. The summed E-state index contributed by atoms with van der Waals surface area (Å²) in [4.78, 5) is 12.0. The van der Waals surface area contributed by atoms with E-state index in [1.165, 1.54) is 18.2 Å². The van der Waals surface area contributed by atoms with E-state index in [0.717, 1.165) is 5.56 Å². The summed E-state index contributed by atoms with van der Waals surface area (Å²) >= 11 is 0. The maximum absolute atomic E-state index is 12.0. The van der Waals surface area contributed by atoms with Gasteiger partial charge in [0.05, 0.1) is 4.90 Å². The molecule has 0 aliphatic heterocycles. The van der Waals surface area contributed by atoms with Gasteiger partial charge in [0.15, 0.2) is 5.78 Å². The Bertz CT molecular complexity index is 794. The molecule has 2 aromatic carbocycles. The number of hydrogen-bond donors (Lipinski definition) is 0. The molecule has 2 aromatic rings. The van der Waals surface area contributed by atoms with Crippen LogP contribution in [0.15, 0.2) is 59.5 Å². The molecule has 0 unspecified atom stereocenters. The summed E-state index contributed by atoms with van der Waals surface area (Å²) in [5.74, 6) is -0.144. The van der Waals surface area contributed by atoms with Gasteiger partial charge in [0, 0.05) is 16.2 Å². The lowest BCUT2D eigenvalue weighted by Crippen LogP contribution is -1.95. The third kappa shape index (κ3) is 4.03. The standard InChI is InChI=1S/C16H13ClO3S/c1-12-7-9-15(21(17,19)20)11-14(12)8-10-16(18)13-5-3-2-4-6-13/h2-11H,1H3. The summed E-state index contributed by atoms with van der Waals surface area (Å²) < 4.78 is 22.7. The minimum Gasteiger partial charge on any atom is -0.289 e. The molecule has 0 aliphatic carbocycles. The Labute approximate surface area is 128 Å². The molecule has 2 rings (SSSR count). The van der Waals surface area contributed by atoms with Crippen molar-refractivity contribution in [3.63, 3.8) is 0 Å². The van der Waals surface area contributed by atoms with E-state index in [-0.39, 0.29) is 10.7 Å². The predicted molar refractivity (Wildman–Crippen MR) is 84.0 cm³/mol. The topological polar surface area (TPSA) is 51.2 Å². The normalized spacial score (nSPS) is 11.7. The number of aryl methyl sites for hydroxylation is 1. The Balaban J connectivity index is 2.31. The van der Waals surface area contributed by atoms with Crippen LogP contribution >= 0.6 is 10.7 Å². The molecule has 0 radical (unpaired) electrons. The minimum atomic E-state index is -3.78. The number of ketones is 1. The van der Waals surface area contributed by atoms with Crippen LogP contribution in [0, 0.1) is 6.92 Å². The highest BCUT2D eigenvalue weighted by Crippen LogP contribution is 2.20. The van der Waals surface area contributed by atoms with Crippen molar-refractivity contribution in [1.29, 1.82) is 0 Å². The van der Waals surface area contributed by atoms with Crippen molar-refractivity contribution < 1.29 is 13.2 Å². The molecule has 3 nitrogen and oxygen atoms in total. The molecule has 21 heavy (non-hydrogen) atoms. The van der Waals surface area contributed by atoms with Crippen molar-refractivity contribution in [1.82, 2.24) is 0 Å². The maximum Gasteiger partial charge on any atom is 0.261 e. The summed E-state index contributed by atoms with van der Waals surface area (Å²) in [5, 5.41) is 0. The van der Waals surface area contributed by atoms with Gasteiger partial charge in [-0.25, -0.2) is 8.42 Å². The van der Waals surface area contributed by atoms with E-state index in [2.05, 4.69) is 0 Å². The van der Waals surface area contributed by atoms with Crippen LogP contribution in [0.25, 0.3) is 6.08 Å². The van der Waals surface area contributed by atoms with Crippen LogP contribution < -0.4 is 0 Å².